The zero-order valence-corrected chi connectivity index (χ0v) is 11.6. The first-order valence-corrected chi connectivity index (χ1v) is 6.19. The lowest BCUT2D eigenvalue weighted by molar-refractivity contribution is -0.183. The number of benzene rings is 1. The molecule has 4 nitrogen and oxygen atoms in total. The number of ketones is 1. The fourth-order valence-corrected chi connectivity index (χ4v) is 1.91. The molecule has 1 rings (SSSR count). The fourth-order valence-electron chi connectivity index (χ4n) is 1.91. The third-order valence-corrected chi connectivity index (χ3v) is 2.95. The Kier molecular flexibility index (Phi) is 5.90. The highest BCUT2D eigenvalue weighted by molar-refractivity contribution is 5.98. The number of ether oxygens (including phenoxy) is 1. The number of esters is 1. The average Bonchev–Trinajstić information content (AvgIpc) is 2.42. The molecule has 0 bridgehead atoms. The van der Waals surface area contributed by atoms with Gasteiger partial charge >= 0.3 is 12.1 Å². The number of nitrogens with one attached hydrogen (secondary N) is 1. The van der Waals surface area contributed by atoms with E-state index in [4.69, 9.17) is 0 Å². The number of carbonyl (C=O) groups is 2. The van der Waals surface area contributed by atoms with Crippen molar-refractivity contribution in [2.24, 2.45) is 5.92 Å². The third kappa shape index (κ3) is 4.86. The summed E-state index contributed by atoms with van der Waals surface area (Å²) >= 11 is 0. The van der Waals surface area contributed by atoms with Crippen molar-refractivity contribution in [1.82, 2.24) is 5.32 Å². The molecule has 0 aliphatic rings. The van der Waals surface area contributed by atoms with Crippen LogP contribution in [0.1, 0.15) is 12.5 Å². The lowest BCUT2D eigenvalue weighted by Gasteiger charge is -2.26. The van der Waals surface area contributed by atoms with Crippen LogP contribution in [0, 0.1) is 5.92 Å². The zero-order chi connectivity index (χ0) is 16.0. The van der Waals surface area contributed by atoms with Crippen LogP contribution in [-0.4, -0.2) is 31.1 Å². The molecule has 1 aromatic carbocycles. The Balaban J connectivity index is 2.94. The molecule has 0 heterocycles. The third-order valence-electron chi connectivity index (χ3n) is 2.95. The molecule has 1 aromatic rings. The lowest BCUT2D eigenvalue weighted by atomic mass is 9.95. The van der Waals surface area contributed by atoms with Crippen molar-refractivity contribution >= 4 is 11.8 Å². The molecule has 0 radical (unpaired) electrons. The van der Waals surface area contributed by atoms with Gasteiger partial charge in [-0.15, -0.1) is 0 Å². The Bertz CT molecular complexity index is 488. The van der Waals surface area contributed by atoms with Crippen molar-refractivity contribution in [3.63, 3.8) is 0 Å². The number of hydrogen-bond acceptors (Lipinski definition) is 4. The standard InChI is InChI=1S/C14H16F3NO3/c1-9(19)11(13(20)21-2)12(14(15,16)17)18-8-10-6-4-3-5-7-10/h3-7,11-12,18H,8H2,1-2H3. The summed E-state index contributed by atoms with van der Waals surface area (Å²) in [5.41, 5.74) is 0.610. The van der Waals surface area contributed by atoms with E-state index in [-0.39, 0.29) is 6.54 Å². The smallest absolute Gasteiger partial charge is 0.405 e. The monoisotopic (exact) mass is 303 g/mol. The van der Waals surface area contributed by atoms with Gasteiger partial charge in [-0.05, 0) is 12.5 Å². The number of methoxy groups -OCH3 is 1. The van der Waals surface area contributed by atoms with Crippen LogP contribution in [-0.2, 0) is 20.9 Å². The van der Waals surface area contributed by atoms with E-state index in [0.29, 0.717) is 5.56 Å². The van der Waals surface area contributed by atoms with Crippen LogP contribution in [0.15, 0.2) is 30.3 Å². The Morgan fingerprint density at radius 3 is 2.24 bits per heavy atom. The van der Waals surface area contributed by atoms with Crippen molar-refractivity contribution in [2.75, 3.05) is 7.11 Å². The van der Waals surface area contributed by atoms with Gasteiger partial charge in [0.1, 0.15) is 17.7 Å². The number of hydrogen-bond donors (Lipinski definition) is 1. The first-order valence-electron chi connectivity index (χ1n) is 6.19. The number of rotatable bonds is 6. The van der Waals surface area contributed by atoms with Crippen molar-refractivity contribution < 1.29 is 27.5 Å². The van der Waals surface area contributed by atoms with Crippen LogP contribution in [0.4, 0.5) is 13.2 Å². The van der Waals surface area contributed by atoms with Crippen molar-refractivity contribution in [3.8, 4) is 0 Å². The first-order chi connectivity index (χ1) is 9.77. The highest BCUT2D eigenvalue weighted by Crippen LogP contribution is 2.27. The minimum atomic E-state index is -4.75. The molecule has 0 saturated carbocycles. The maximum atomic E-state index is 13.1. The first kappa shape index (κ1) is 17.2. The second kappa shape index (κ2) is 7.21. The molecule has 7 heteroatoms. The highest BCUT2D eigenvalue weighted by atomic mass is 19.4. The largest absolute Gasteiger partial charge is 0.468 e. The van der Waals surface area contributed by atoms with Gasteiger partial charge in [-0.2, -0.15) is 13.2 Å². The highest BCUT2D eigenvalue weighted by Gasteiger charge is 2.49. The van der Waals surface area contributed by atoms with Crippen LogP contribution in [0.25, 0.3) is 0 Å². The molecule has 2 unspecified atom stereocenters. The summed E-state index contributed by atoms with van der Waals surface area (Å²) in [5.74, 6) is -4.02. The Morgan fingerprint density at radius 2 is 1.81 bits per heavy atom. The van der Waals surface area contributed by atoms with Crippen LogP contribution < -0.4 is 5.32 Å². The number of halogens is 3. The second-order valence-electron chi connectivity index (χ2n) is 4.50. The average molecular weight is 303 g/mol. The van der Waals surface area contributed by atoms with Gasteiger partial charge in [0.05, 0.1) is 7.11 Å². The summed E-state index contributed by atoms with van der Waals surface area (Å²) in [5, 5.41) is 2.23. The fraction of sp³-hybridized carbons (Fsp3) is 0.429. The van der Waals surface area contributed by atoms with Crippen LogP contribution in [0.5, 0.6) is 0 Å². The van der Waals surface area contributed by atoms with Gasteiger partial charge in [0.25, 0.3) is 0 Å². The molecule has 2 atom stereocenters. The normalized spacial score (nSPS) is 14.3. The molecule has 0 saturated heterocycles. The summed E-state index contributed by atoms with van der Waals surface area (Å²) in [7, 11) is 0.947. The number of alkyl halides is 3. The van der Waals surface area contributed by atoms with E-state index < -0.39 is 29.9 Å². The van der Waals surface area contributed by atoms with Crippen LogP contribution >= 0.6 is 0 Å². The van der Waals surface area contributed by atoms with E-state index in [0.717, 1.165) is 14.0 Å². The summed E-state index contributed by atoms with van der Waals surface area (Å²) in [4.78, 5) is 22.9. The summed E-state index contributed by atoms with van der Waals surface area (Å²) < 4.78 is 43.6. The van der Waals surface area contributed by atoms with Gasteiger partial charge < -0.3 is 10.1 Å². The summed E-state index contributed by atoms with van der Waals surface area (Å²) in [6, 6.07) is 6.09. The molecule has 0 aliphatic carbocycles. The van der Waals surface area contributed by atoms with Gasteiger partial charge in [-0.3, -0.25) is 9.59 Å². The SMILES string of the molecule is COC(=O)C(C(C)=O)C(NCc1ccccc1)C(F)(F)F. The van der Waals surface area contributed by atoms with Crippen molar-refractivity contribution in [3.05, 3.63) is 35.9 Å². The molecule has 0 aliphatic heterocycles. The van der Waals surface area contributed by atoms with E-state index in [1.54, 1.807) is 30.3 Å². The second-order valence-corrected chi connectivity index (χ2v) is 4.50. The summed E-state index contributed by atoms with van der Waals surface area (Å²) in [6.45, 7) is 0.816. The molecule has 0 amide bonds. The molecule has 0 aromatic heterocycles. The molecule has 0 spiro atoms. The van der Waals surface area contributed by atoms with Gasteiger partial charge in [-0.1, -0.05) is 30.3 Å². The van der Waals surface area contributed by atoms with E-state index in [1.165, 1.54) is 0 Å². The van der Waals surface area contributed by atoms with E-state index >= 15 is 0 Å². The number of Topliss-reactive ketones (excluding diaryl/α,β-unsaturated/α-hetero) is 1. The van der Waals surface area contributed by atoms with Gasteiger partial charge in [0.2, 0.25) is 0 Å². The lowest BCUT2D eigenvalue weighted by Crippen LogP contribution is -2.52. The molecule has 21 heavy (non-hydrogen) atoms. The predicted molar refractivity (Wildman–Crippen MR) is 69.3 cm³/mol. The summed E-state index contributed by atoms with van der Waals surface area (Å²) in [6.07, 6.45) is -4.75. The van der Waals surface area contributed by atoms with Gasteiger partial charge in [0.15, 0.2) is 0 Å². The Morgan fingerprint density at radius 1 is 1.24 bits per heavy atom. The topological polar surface area (TPSA) is 55.4 Å². The van der Waals surface area contributed by atoms with E-state index in [9.17, 15) is 22.8 Å². The van der Waals surface area contributed by atoms with Gasteiger partial charge in [0, 0.05) is 6.54 Å². The predicted octanol–water partition coefficient (Wildman–Crippen LogP) is 2.09. The van der Waals surface area contributed by atoms with Crippen LogP contribution in [0.3, 0.4) is 0 Å². The Hall–Kier alpha value is -1.89. The Labute approximate surface area is 120 Å². The maximum Gasteiger partial charge on any atom is 0.405 e. The molecule has 116 valence electrons. The minimum absolute atomic E-state index is 0.119. The van der Waals surface area contributed by atoms with Crippen molar-refractivity contribution in [1.29, 1.82) is 0 Å². The molecular formula is C14H16F3NO3. The van der Waals surface area contributed by atoms with Crippen LogP contribution in [0.2, 0.25) is 0 Å². The van der Waals surface area contributed by atoms with E-state index in [2.05, 4.69) is 10.1 Å². The van der Waals surface area contributed by atoms with Gasteiger partial charge in [-0.25, -0.2) is 0 Å². The molecule has 1 N–H and O–H groups in total. The minimum Gasteiger partial charge on any atom is -0.468 e. The zero-order valence-electron chi connectivity index (χ0n) is 11.6. The maximum absolute atomic E-state index is 13.1. The number of carbonyl (C=O) groups excluding carboxylic acids is 2. The van der Waals surface area contributed by atoms with E-state index in [1.807, 2.05) is 0 Å². The van der Waals surface area contributed by atoms with Crippen molar-refractivity contribution in [2.45, 2.75) is 25.7 Å². The quantitative estimate of drug-likeness (QED) is 0.646. The molecule has 0 fully saturated rings. The molecular weight excluding hydrogens is 287 g/mol.